The molecular weight excluding hydrogens is 338 g/mol. The van der Waals surface area contributed by atoms with Crippen LogP contribution in [0.15, 0.2) is 47.4 Å². The summed E-state index contributed by atoms with van der Waals surface area (Å²) in [6.45, 7) is 0. The minimum atomic E-state index is -0.476. The van der Waals surface area contributed by atoms with Gasteiger partial charge in [-0.05, 0) is 30.3 Å². The number of non-ortho nitro benzene ring substituents is 1. The largest absolute Gasteiger partial charge is 0.325 e. The second-order valence-corrected chi connectivity index (χ2v) is 5.85. The topological polar surface area (TPSA) is 96.0 Å². The van der Waals surface area contributed by atoms with E-state index in [0.717, 1.165) is 4.90 Å². The predicted octanol–water partition coefficient (Wildman–Crippen LogP) is 3.85. The Bertz CT molecular complexity index is 788. The third-order valence-corrected chi connectivity index (χ3v) is 4.12. The maximum atomic E-state index is 11.9. The van der Waals surface area contributed by atoms with Gasteiger partial charge in [0.15, 0.2) is 0 Å². The van der Waals surface area contributed by atoms with Crippen LogP contribution in [0.1, 0.15) is 5.56 Å². The molecule has 0 aliphatic carbocycles. The van der Waals surface area contributed by atoms with Crippen molar-refractivity contribution in [2.75, 3.05) is 11.1 Å². The molecule has 0 bridgehead atoms. The molecule has 0 aliphatic heterocycles. The number of halogens is 1. The number of hydrogen-bond acceptors (Lipinski definition) is 5. The van der Waals surface area contributed by atoms with Crippen molar-refractivity contribution in [3.63, 3.8) is 0 Å². The molecule has 0 spiro atoms. The highest BCUT2D eigenvalue weighted by atomic mass is 35.5. The van der Waals surface area contributed by atoms with Gasteiger partial charge in [-0.25, -0.2) is 0 Å². The molecule has 2 aromatic rings. The van der Waals surface area contributed by atoms with Crippen LogP contribution < -0.4 is 5.32 Å². The fourth-order valence-electron chi connectivity index (χ4n) is 1.69. The number of carbonyl (C=O) groups is 1. The summed E-state index contributed by atoms with van der Waals surface area (Å²) in [7, 11) is 0. The van der Waals surface area contributed by atoms with Crippen molar-refractivity contribution in [2.24, 2.45) is 0 Å². The third-order valence-electron chi connectivity index (χ3n) is 2.79. The molecule has 0 fully saturated rings. The molecular formula is C15H10ClN3O3S. The van der Waals surface area contributed by atoms with E-state index in [1.54, 1.807) is 18.2 Å². The number of rotatable bonds is 5. The highest BCUT2D eigenvalue weighted by molar-refractivity contribution is 8.00. The maximum Gasteiger partial charge on any atom is 0.269 e. The Morgan fingerprint density at radius 3 is 2.57 bits per heavy atom. The summed E-state index contributed by atoms with van der Waals surface area (Å²) in [4.78, 5) is 22.7. The summed E-state index contributed by atoms with van der Waals surface area (Å²) in [6.07, 6.45) is 0. The summed E-state index contributed by atoms with van der Waals surface area (Å²) in [5, 5.41) is 22.3. The molecule has 23 heavy (non-hydrogen) atoms. The average Bonchev–Trinajstić information content (AvgIpc) is 2.53. The molecule has 1 amide bonds. The Balaban J connectivity index is 1.91. The number of anilines is 1. The van der Waals surface area contributed by atoms with Crippen molar-refractivity contribution in [2.45, 2.75) is 4.90 Å². The molecule has 8 heteroatoms. The Morgan fingerprint density at radius 2 is 2.00 bits per heavy atom. The first-order valence-corrected chi connectivity index (χ1v) is 7.72. The van der Waals surface area contributed by atoms with Crippen LogP contribution in [-0.2, 0) is 4.79 Å². The van der Waals surface area contributed by atoms with Crippen molar-refractivity contribution < 1.29 is 9.72 Å². The van der Waals surface area contributed by atoms with Gasteiger partial charge in [0.25, 0.3) is 5.69 Å². The quantitative estimate of drug-likeness (QED) is 0.503. The van der Waals surface area contributed by atoms with E-state index in [9.17, 15) is 14.9 Å². The van der Waals surface area contributed by atoms with Crippen molar-refractivity contribution >= 4 is 40.6 Å². The normalized spacial score (nSPS) is 9.91. The molecule has 0 saturated heterocycles. The van der Waals surface area contributed by atoms with Crippen LogP contribution in [0, 0.1) is 21.4 Å². The van der Waals surface area contributed by atoms with Crippen LogP contribution in [-0.4, -0.2) is 16.6 Å². The van der Waals surface area contributed by atoms with Crippen LogP contribution in [0.3, 0.4) is 0 Å². The molecule has 6 nitrogen and oxygen atoms in total. The van der Waals surface area contributed by atoms with Gasteiger partial charge in [0.2, 0.25) is 5.91 Å². The number of hydrogen-bond donors (Lipinski definition) is 1. The van der Waals surface area contributed by atoms with E-state index in [1.165, 1.54) is 36.0 Å². The van der Waals surface area contributed by atoms with E-state index >= 15 is 0 Å². The molecule has 0 aromatic heterocycles. The van der Waals surface area contributed by atoms with Crippen LogP contribution in [0.4, 0.5) is 11.4 Å². The summed E-state index contributed by atoms with van der Waals surface area (Å²) >= 11 is 7.15. The van der Waals surface area contributed by atoms with E-state index < -0.39 is 4.92 Å². The molecule has 2 aromatic carbocycles. The van der Waals surface area contributed by atoms with Gasteiger partial charge in [-0.2, -0.15) is 5.26 Å². The van der Waals surface area contributed by atoms with Gasteiger partial charge in [0.05, 0.1) is 21.3 Å². The first-order valence-electron chi connectivity index (χ1n) is 6.36. The lowest BCUT2D eigenvalue weighted by Gasteiger charge is -2.06. The number of nitro benzene ring substituents is 1. The van der Waals surface area contributed by atoms with E-state index in [0.29, 0.717) is 11.3 Å². The first-order chi connectivity index (χ1) is 11.0. The van der Waals surface area contributed by atoms with Gasteiger partial charge in [-0.1, -0.05) is 11.6 Å². The third kappa shape index (κ3) is 4.71. The Kier molecular flexibility index (Phi) is 5.57. The molecule has 2 rings (SSSR count). The van der Waals surface area contributed by atoms with Crippen molar-refractivity contribution in [1.82, 2.24) is 0 Å². The molecule has 0 radical (unpaired) electrons. The van der Waals surface area contributed by atoms with Crippen LogP contribution in [0.2, 0.25) is 5.02 Å². The van der Waals surface area contributed by atoms with Crippen molar-refractivity contribution in [3.05, 3.63) is 63.2 Å². The lowest BCUT2D eigenvalue weighted by Crippen LogP contribution is -2.13. The predicted molar refractivity (Wildman–Crippen MR) is 88.6 cm³/mol. The smallest absolute Gasteiger partial charge is 0.269 e. The number of benzene rings is 2. The van der Waals surface area contributed by atoms with E-state index in [-0.39, 0.29) is 22.4 Å². The fourth-order valence-corrected chi connectivity index (χ4v) is 2.61. The standard InChI is InChI=1S/C15H10ClN3O3S/c16-14-7-11(2-1-10(14)8-17)18-15(20)9-23-13-5-3-12(4-6-13)19(21)22/h1-7H,9H2,(H,18,20). The lowest BCUT2D eigenvalue weighted by atomic mass is 10.2. The van der Waals surface area contributed by atoms with E-state index in [1.807, 2.05) is 6.07 Å². The van der Waals surface area contributed by atoms with Crippen LogP contribution in [0.5, 0.6) is 0 Å². The SMILES string of the molecule is N#Cc1ccc(NC(=O)CSc2ccc([N+](=O)[O-])cc2)cc1Cl. The Hall–Kier alpha value is -2.56. The monoisotopic (exact) mass is 347 g/mol. The molecule has 0 aliphatic rings. The van der Waals surface area contributed by atoms with Crippen molar-refractivity contribution in [3.8, 4) is 6.07 Å². The van der Waals surface area contributed by atoms with Gasteiger partial charge in [-0.3, -0.25) is 14.9 Å². The minimum Gasteiger partial charge on any atom is -0.325 e. The van der Waals surface area contributed by atoms with Crippen LogP contribution in [0.25, 0.3) is 0 Å². The second kappa shape index (κ2) is 7.63. The van der Waals surface area contributed by atoms with Gasteiger partial charge in [-0.15, -0.1) is 11.8 Å². The van der Waals surface area contributed by atoms with Crippen molar-refractivity contribution in [1.29, 1.82) is 5.26 Å². The second-order valence-electron chi connectivity index (χ2n) is 4.39. The van der Waals surface area contributed by atoms with Gasteiger partial charge in [0.1, 0.15) is 6.07 Å². The number of thioether (sulfide) groups is 1. The lowest BCUT2D eigenvalue weighted by molar-refractivity contribution is -0.384. The minimum absolute atomic E-state index is 0.00558. The fraction of sp³-hybridized carbons (Fsp3) is 0.0667. The summed E-state index contributed by atoms with van der Waals surface area (Å²) in [5.74, 6) is -0.0933. The molecule has 0 atom stereocenters. The number of nitro groups is 1. The molecule has 0 saturated carbocycles. The molecule has 0 heterocycles. The molecule has 1 N–H and O–H groups in total. The highest BCUT2D eigenvalue weighted by Crippen LogP contribution is 2.23. The summed E-state index contributed by atoms with van der Waals surface area (Å²) in [5.41, 5.74) is 0.847. The molecule has 116 valence electrons. The number of nitrogens with one attached hydrogen (secondary N) is 1. The molecule has 0 unspecified atom stereocenters. The van der Waals surface area contributed by atoms with Gasteiger partial charge < -0.3 is 5.32 Å². The first kappa shape index (κ1) is 16.8. The zero-order valence-electron chi connectivity index (χ0n) is 11.7. The van der Waals surface area contributed by atoms with Gasteiger partial charge >= 0.3 is 0 Å². The number of nitriles is 1. The maximum absolute atomic E-state index is 11.9. The Labute approximate surface area is 141 Å². The average molecular weight is 348 g/mol. The number of amides is 1. The van der Waals surface area contributed by atoms with Crippen LogP contribution >= 0.6 is 23.4 Å². The Morgan fingerprint density at radius 1 is 1.30 bits per heavy atom. The number of carbonyl (C=O) groups excluding carboxylic acids is 1. The number of nitrogens with zero attached hydrogens (tertiary/aromatic N) is 2. The van der Waals surface area contributed by atoms with E-state index in [4.69, 9.17) is 16.9 Å². The summed E-state index contributed by atoms with van der Waals surface area (Å²) in [6, 6.07) is 12.5. The zero-order chi connectivity index (χ0) is 16.8. The van der Waals surface area contributed by atoms with E-state index in [2.05, 4.69) is 5.32 Å². The highest BCUT2D eigenvalue weighted by Gasteiger charge is 2.08. The summed E-state index contributed by atoms with van der Waals surface area (Å²) < 4.78 is 0. The van der Waals surface area contributed by atoms with Gasteiger partial charge in [0, 0.05) is 22.7 Å². The zero-order valence-corrected chi connectivity index (χ0v) is 13.2.